The van der Waals surface area contributed by atoms with E-state index in [1.807, 2.05) is 6.07 Å². The molecule has 21 heavy (non-hydrogen) atoms. The van der Waals surface area contributed by atoms with Crippen molar-refractivity contribution in [2.75, 3.05) is 6.61 Å². The first kappa shape index (κ1) is 14.1. The van der Waals surface area contributed by atoms with Crippen LogP contribution in [0.1, 0.15) is 43.4 Å². The van der Waals surface area contributed by atoms with Gasteiger partial charge in [-0.15, -0.1) is 0 Å². The minimum absolute atomic E-state index is 0.111. The molecule has 1 aromatic heterocycles. The quantitative estimate of drug-likeness (QED) is 0.943. The van der Waals surface area contributed by atoms with E-state index in [9.17, 15) is 4.79 Å². The van der Waals surface area contributed by atoms with Gasteiger partial charge in [0.25, 0.3) is 0 Å². The van der Waals surface area contributed by atoms with Crippen molar-refractivity contribution in [3.05, 3.63) is 29.6 Å². The molecule has 1 aliphatic heterocycles. The first-order chi connectivity index (χ1) is 9.97. The Morgan fingerprint density at radius 1 is 1.57 bits per heavy atom. The molecular weight excluding hydrogens is 268 g/mol. The van der Waals surface area contributed by atoms with E-state index in [0.29, 0.717) is 0 Å². The number of aromatic nitrogens is 2. The Kier molecular flexibility index (Phi) is 3.24. The van der Waals surface area contributed by atoms with Gasteiger partial charge in [0.15, 0.2) is 0 Å². The molecule has 0 radical (unpaired) electrons. The van der Waals surface area contributed by atoms with Crippen LogP contribution < -0.4 is 0 Å². The number of benzene rings is 1. The monoisotopic (exact) mass is 288 g/mol. The summed E-state index contributed by atoms with van der Waals surface area (Å²) in [6, 6.07) is 5.16. The van der Waals surface area contributed by atoms with Crippen LogP contribution in [0.3, 0.4) is 0 Å². The van der Waals surface area contributed by atoms with Gasteiger partial charge in [-0.25, -0.2) is 9.78 Å². The van der Waals surface area contributed by atoms with Gasteiger partial charge in [-0.1, -0.05) is 6.92 Å². The van der Waals surface area contributed by atoms with E-state index in [2.05, 4.69) is 30.3 Å². The summed E-state index contributed by atoms with van der Waals surface area (Å²) in [6.07, 6.45) is 1.85. The van der Waals surface area contributed by atoms with Crippen LogP contribution in [0.5, 0.6) is 0 Å². The number of carboxylic acids is 1. The number of fused-ring (bicyclic) bond motifs is 1. The van der Waals surface area contributed by atoms with Crippen LogP contribution >= 0.6 is 0 Å². The van der Waals surface area contributed by atoms with Crippen LogP contribution in [0.2, 0.25) is 0 Å². The number of carbonyl (C=O) groups is 1. The molecule has 1 N–H and O–H groups in total. The van der Waals surface area contributed by atoms with Crippen molar-refractivity contribution in [2.24, 2.45) is 0 Å². The van der Waals surface area contributed by atoms with Crippen molar-refractivity contribution in [3.8, 4) is 0 Å². The first-order valence-corrected chi connectivity index (χ1v) is 7.34. The second-order valence-electron chi connectivity index (χ2n) is 5.85. The smallest absolute Gasteiger partial charge is 0.335 e. The first-order valence-electron chi connectivity index (χ1n) is 7.34. The summed E-state index contributed by atoms with van der Waals surface area (Å²) in [6.45, 7) is 7.09. The highest BCUT2D eigenvalue weighted by atomic mass is 16.5. The number of carboxylic acid groups (broad SMARTS) is 1. The second kappa shape index (κ2) is 4.84. The lowest BCUT2D eigenvalue weighted by molar-refractivity contribution is 0.0697. The van der Waals surface area contributed by atoms with Crippen LogP contribution in [0.25, 0.3) is 11.0 Å². The van der Waals surface area contributed by atoms with Gasteiger partial charge < -0.3 is 14.4 Å². The molecule has 2 heterocycles. The van der Waals surface area contributed by atoms with Crippen LogP contribution in [0.15, 0.2) is 18.2 Å². The zero-order chi connectivity index (χ0) is 15.2. The van der Waals surface area contributed by atoms with E-state index in [1.54, 1.807) is 12.1 Å². The fourth-order valence-corrected chi connectivity index (χ4v) is 3.19. The number of hydrogen-bond acceptors (Lipinski definition) is 3. The number of ether oxygens (including phenoxy) is 1. The zero-order valence-corrected chi connectivity index (χ0v) is 12.6. The Bertz CT molecular complexity index is 707. The van der Waals surface area contributed by atoms with E-state index < -0.39 is 5.97 Å². The molecule has 1 fully saturated rings. The number of imidazole rings is 1. The van der Waals surface area contributed by atoms with Crippen molar-refractivity contribution >= 4 is 17.0 Å². The van der Waals surface area contributed by atoms with Gasteiger partial charge >= 0.3 is 5.97 Å². The van der Waals surface area contributed by atoms with Crippen LogP contribution in [0.4, 0.5) is 0 Å². The van der Waals surface area contributed by atoms with Gasteiger partial charge in [0.2, 0.25) is 0 Å². The lowest BCUT2D eigenvalue weighted by atomic mass is 9.93. The molecule has 5 heteroatoms. The molecule has 2 atom stereocenters. The summed E-state index contributed by atoms with van der Waals surface area (Å²) in [5.41, 5.74) is 1.87. The molecule has 0 bridgehead atoms. The van der Waals surface area contributed by atoms with Gasteiger partial charge in [0.05, 0.1) is 28.2 Å². The third kappa shape index (κ3) is 2.03. The van der Waals surface area contributed by atoms with E-state index in [0.717, 1.165) is 36.3 Å². The van der Waals surface area contributed by atoms with E-state index in [-0.39, 0.29) is 17.2 Å². The van der Waals surface area contributed by atoms with Crippen LogP contribution in [-0.4, -0.2) is 33.3 Å². The predicted octanol–water partition coefficient (Wildman–Crippen LogP) is 2.82. The molecule has 5 nitrogen and oxygen atoms in total. The van der Waals surface area contributed by atoms with Gasteiger partial charge in [-0.2, -0.15) is 0 Å². The van der Waals surface area contributed by atoms with E-state index >= 15 is 0 Å². The van der Waals surface area contributed by atoms with Crippen molar-refractivity contribution in [2.45, 2.75) is 45.3 Å². The largest absolute Gasteiger partial charge is 0.478 e. The van der Waals surface area contributed by atoms with E-state index in [4.69, 9.17) is 9.84 Å². The molecule has 1 saturated heterocycles. The fourth-order valence-electron chi connectivity index (χ4n) is 3.19. The summed E-state index contributed by atoms with van der Waals surface area (Å²) in [4.78, 5) is 15.8. The van der Waals surface area contributed by atoms with Crippen molar-refractivity contribution in [1.82, 2.24) is 9.55 Å². The number of aryl methyl sites for hydroxylation is 1. The number of aromatic carboxylic acids is 1. The Morgan fingerprint density at radius 2 is 2.33 bits per heavy atom. The number of hydrogen-bond donors (Lipinski definition) is 1. The maximum Gasteiger partial charge on any atom is 0.335 e. The lowest BCUT2D eigenvalue weighted by Gasteiger charge is -2.31. The summed E-state index contributed by atoms with van der Waals surface area (Å²) in [7, 11) is 0. The summed E-state index contributed by atoms with van der Waals surface area (Å²) < 4.78 is 8.00. The molecular formula is C16H20N2O3. The van der Waals surface area contributed by atoms with Crippen molar-refractivity contribution in [1.29, 1.82) is 0 Å². The molecule has 1 aliphatic rings. The minimum Gasteiger partial charge on any atom is -0.478 e. The van der Waals surface area contributed by atoms with Crippen LogP contribution in [-0.2, 0) is 16.7 Å². The Morgan fingerprint density at radius 3 is 2.90 bits per heavy atom. The van der Waals surface area contributed by atoms with Gasteiger partial charge in [-0.05, 0) is 38.5 Å². The van der Waals surface area contributed by atoms with Crippen LogP contribution in [0, 0.1) is 0 Å². The maximum atomic E-state index is 11.1. The summed E-state index contributed by atoms with van der Waals surface area (Å²) in [5.74, 6) is 0.0562. The lowest BCUT2D eigenvalue weighted by Crippen LogP contribution is -2.37. The van der Waals surface area contributed by atoms with E-state index in [1.165, 1.54) is 0 Å². The highest BCUT2D eigenvalue weighted by molar-refractivity contribution is 5.92. The molecule has 2 aromatic rings. The number of nitrogens with zero attached hydrogens (tertiary/aromatic N) is 2. The minimum atomic E-state index is -0.923. The molecule has 112 valence electrons. The average Bonchev–Trinajstić information content (AvgIpc) is 2.99. The molecule has 0 aliphatic carbocycles. The molecule has 0 saturated carbocycles. The molecule has 1 aromatic carbocycles. The maximum absolute atomic E-state index is 11.1. The second-order valence-corrected chi connectivity index (χ2v) is 5.85. The third-order valence-corrected chi connectivity index (χ3v) is 4.65. The van der Waals surface area contributed by atoms with Crippen molar-refractivity contribution in [3.63, 3.8) is 0 Å². The highest BCUT2D eigenvalue weighted by Gasteiger charge is 2.40. The molecule has 3 rings (SSSR count). The topological polar surface area (TPSA) is 64.3 Å². The zero-order valence-electron chi connectivity index (χ0n) is 12.6. The fraction of sp³-hybridized carbons (Fsp3) is 0.500. The Hall–Kier alpha value is -1.88. The highest BCUT2D eigenvalue weighted by Crippen LogP contribution is 2.37. The molecule has 2 unspecified atom stereocenters. The predicted molar refractivity (Wildman–Crippen MR) is 79.7 cm³/mol. The summed E-state index contributed by atoms with van der Waals surface area (Å²) >= 11 is 0. The normalized spacial score (nSPS) is 25.6. The molecule has 0 amide bonds. The van der Waals surface area contributed by atoms with Gasteiger partial charge in [-0.3, -0.25) is 0 Å². The SMILES string of the molecule is CCc1nc2cc(C(=O)O)ccc2n1C1(C)CCOC1C. The van der Waals surface area contributed by atoms with Crippen molar-refractivity contribution < 1.29 is 14.6 Å². The summed E-state index contributed by atoms with van der Waals surface area (Å²) in [5, 5.41) is 9.13. The average molecular weight is 288 g/mol. The number of rotatable bonds is 3. The van der Waals surface area contributed by atoms with Gasteiger partial charge in [0, 0.05) is 13.0 Å². The van der Waals surface area contributed by atoms with Gasteiger partial charge in [0.1, 0.15) is 5.82 Å². The third-order valence-electron chi connectivity index (χ3n) is 4.65. The Balaban J connectivity index is 2.24. The Labute approximate surface area is 123 Å². The molecule has 0 spiro atoms. The standard InChI is InChI=1S/C16H20N2O3/c1-4-14-17-12-9-11(15(19)20)5-6-13(12)18(14)16(3)7-8-21-10(16)2/h5-6,9-10H,4,7-8H2,1-3H3,(H,19,20).